The molecule has 0 radical (unpaired) electrons. The van der Waals surface area contributed by atoms with Gasteiger partial charge in [-0.3, -0.25) is 0 Å². The molecule has 1 heterocycles. The van der Waals surface area contributed by atoms with E-state index in [9.17, 15) is 0 Å². The van der Waals surface area contributed by atoms with Crippen LogP contribution in [0.25, 0.3) is 0 Å². The van der Waals surface area contributed by atoms with Gasteiger partial charge in [0.25, 0.3) is 0 Å². The van der Waals surface area contributed by atoms with Gasteiger partial charge in [0, 0.05) is 38.6 Å². The molecule has 1 unspecified atom stereocenters. The van der Waals surface area contributed by atoms with Gasteiger partial charge < -0.3 is 9.80 Å². The van der Waals surface area contributed by atoms with Gasteiger partial charge in [0.2, 0.25) is 0 Å². The van der Waals surface area contributed by atoms with Crippen LogP contribution >= 0.6 is 0 Å². The lowest BCUT2D eigenvalue weighted by atomic mass is 10.1. The Morgan fingerprint density at radius 1 is 1.36 bits per heavy atom. The summed E-state index contributed by atoms with van der Waals surface area (Å²) in [6.07, 6.45) is 1.17. The molecule has 1 aliphatic rings. The molecule has 0 N–H and O–H groups in total. The summed E-state index contributed by atoms with van der Waals surface area (Å²) in [7, 11) is 6.35. The van der Waals surface area contributed by atoms with E-state index in [4.69, 9.17) is 0 Å². The number of likely N-dealkylation sites (N-methyl/N-ethyl adjacent to an activating group) is 1. The van der Waals surface area contributed by atoms with Crippen LogP contribution in [-0.4, -0.2) is 27.2 Å². The summed E-state index contributed by atoms with van der Waals surface area (Å²) in [6, 6.07) is 7.36. The molecule has 1 atom stereocenters. The second-order valence-electron chi connectivity index (χ2n) is 4.37. The van der Waals surface area contributed by atoms with Crippen molar-refractivity contribution in [1.82, 2.24) is 0 Å². The van der Waals surface area contributed by atoms with Crippen molar-refractivity contribution >= 4 is 11.4 Å². The molecule has 14 heavy (non-hydrogen) atoms. The second kappa shape index (κ2) is 3.19. The number of hydrogen-bond donors (Lipinski definition) is 0. The first-order valence-electron chi connectivity index (χ1n) is 5.12. The Kier molecular flexibility index (Phi) is 2.14. The van der Waals surface area contributed by atoms with E-state index in [2.05, 4.69) is 56.1 Å². The number of benzene rings is 1. The van der Waals surface area contributed by atoms with Crippen LogP contribution in [0.3, 0.4) is 0 Å². The Balaban J connectivity index is 2.39. The van der Waals surface area contributed by atoms with Crippen molar-refractivity contribution in [1.29, 1.82) is 0 Å². The molecule has 2 nitrogen and oxygen atoms in total. The molecule has 76 valence electrons. The topological polar surface area (TPSA) is 6.48 Å². The zero-order chi connectivity index (χ0) is 10.3. The molecule has 0 aromatic heterocycles. The second-order valence-corrected chi connectivity index (χ2v) is 4.37. The summed E-state index contributed by atoms with van der Waals surface area (Å²) in [4.78, 5) is 4.51. The van der Waals surface area contributed by atoms with Crippen molar-refractivity contribution in [3.63, 3.8) is 0 Å². The third-order valence-corrected chi connectivity index (χ3v) is 3.14. The minimum atomic E-state index is 0.641. The van der Waals surface area contributed by atoms with Gasteiger partial charge in [-0.25, -0.2) is 0 Å². The molecule has 1 aromatic carbocycles. The molecule has 0 saturated heterocycles. The maximum atomic E-state index is 2.36. The van der Waals surface area contributed by atoms with E-state index in [1.54, 1.807) is 0 Å². The monoisotopic (exact) mass is 190 g/mol. The van der Waals surface area contributed by atoms with Crippen LogP contribution in [0.2, 0.25) is 0 Å². The highest BCUT2D eigenvalue weighted by molar-refractivity contribution is 5.64. The molecule has 0 amide bonds. The minimum absolute atomic E-state index is 0.641. The van der Waals surface area contributed by atoms with Gasteiger partial charge >= 0.3 is 0 Å². The molecular formula is C12H18N2. The largest absolute Gasteiger partial charge is 0.378 e. The quantitative estimate of drug-likeness (QED) is 0.669. The molecular weight excluding hydrogens is 172 g/mol. The van der Waals surface area contributed by atoms with Crippen LogP contribution in [0.15, 0.2) is 18.2 Å². The summed E-state index contributed by atoms with van der Waals surface area (Å²) in [5.74, 6) is 0. The highest BCUT2D eigenvalue weighted by Gasteiger charge is 2.22. The number of hydrogen-bond acceptors (Lipinski definition) is 2. The SMILES string of the molecule is CC1Cc2cc(N(C)C)ccc2N1C. The molecule has 0 spiro atoms. The highest BCUT2D eigenvalue weighted by Crippen LogP contribution is 2.33. The minimum Gasteiger partial charge on any atom is -0.378 e. The van der Waals surface area contributed by atoms with E-state index >= 15 is 0 Å². The molecule has 0 bridgehead atoms. The van der Waals surface area contributed by atoms with E-state index in [0.717, 1.165) is 0 Å². The summed E-state index contributed by atoms with van der Waals surface area (Å²) >= 11 is 0. The Labute approximate surface area is 86.1 Å². The van der Waals surface area contributed by atoms with Crippen molar-refractivity contribution in [2.75, 3.05) is 30.9 Å². The number of nitrogens with zero attached hydrogens (tertiary/aromatic N) is 2. The molecule has 0 fully saturated rings. The number of anilines is 2. The third kappa shape index (κ3) is 1.35. The maximum absolute atomic E-state index is 2.36. The van der Waals surface area contributed by atoms with Gasteiger partial charge in [0.05, 0.1) is 0 Å². The van der Waals surface area contributed by atoms with Crippen LogP contribution < -0.4 is 9.80 Å². The van der Waals surface area contributed by atoms with Gasteiger partial charge in [-0.1, -0.05) is 0 Å². The van der Waals surface area contributed by atoms with Crippen molar-refractivity contribution in [3.05, 3.63) is 23.8 Å². The smallest absolute Gasteiger partial charge is 0.0400 e. The summed E-state index contributed by atoms with van der Waals surface area (Å²) in [5.41, 5.74) is 4.17. The van der Waals surface area contributed by atoms with E-state index in [0.29, 0.717) is 6.04 Å². The van der Waals surface area contributed by atoms with Gasteiger partial charge in [-0.15, -0.1) is 0 Å². The zero-order valence-corrected chi connectivity index (χ0v) is 9.41. The molecule has 0 aliphatic carbocycles. The van der Waals surface area contributed by atoms with Crippen LogP contribution in [0, 0.1) is 0 Å². The van der Waals surface area contributed by atoms with E-state index < -0.39 is 0 Å². The molecule has 0 saturated carbocycles. The molecule has 2 rings (SSSR count). The highest BCUT2D eigenvalue weighted by atomic mass is 15.2. The predicted octanol–water partition coefficient (Wildman–Crippen LogP) is 2.13. The fourth-order valence-corrected chi connectivity index (χ4v) is 2.05. The van der Waals surface area contributed by atoms with E-state index in [1.165, 1.54) is 23.4 Å². The van der Waals surface area contributed by atoms with Crippen LogP contribution in [0.4, 0.5) is 11.4 Å². The van der Waals surface area contributed by atoms with Gasteiger partial charge in [-0.05, 0) is 37.1 Å². The fourth-order valence-electron chi connectivity index (χ4n) is 2.05. The van der Waals surface area contributed by atoms with Crippen LogP contribution in [-0.2, 0) is 6.42 Å². The van der Waals surface area contributed by atoms with Crippen LogP contribution in [0.1, 0.15) is 12.5 Å². The molecule has 1 aromatic rings. The van der Waals surface area contributed by atoms with Gasteiger partial charge in [-0.2, -0.15) is 0 Å². The first kappa shape index (κ1) is 9.38. The summed E-state index contributed by atoms with van der Waals surface area (Å²) in [5, 5.41) is 0. The third-order valence-electron chi connectivity index (χ3n) is 3.14. The normalized spacial score (nSPS) is 19.7. The Morgan fingerprint density at radius 2 is 2.07 bits per heavy atom. The molecule has 1 aliphatic heterocycles. The molecule has 2 heteroatoms. The lowest BCUT2D eigenvalue weighted by Crippen LogP contribution is -2.23. The summed E-state index contributed by atoms with van der Waals surface area (Å²) in [6.45, 7) is 2.27. The standard InChI is InChI=1S/C12H18N2/c1-9-7-10-8-11(13(2)3)5-6-12(10)14(9)4/h5-6,8-9H,7H2,1-4H3. The number of fused-ring (bicyclic) bond motifs is 1. The van der Waals surface area contributed by atoms with Crippen molar-refractivity contribution in [2.45, 2.75) is 19.4 Å². The van der Waals surface area contributed by atoms with Gasteiger partial charge in [0.1, 0.15) is 0 Å². The first-order chi connectivity index (χ1) is 6.59. The van der Waals surface area contributed by atoms with Crippen molar-refractivity contribution in [2.24, 2.45) is 0 Å². The van der Waals surface area contributed by atoms with E-state index in [-0.39, 0.29) is 0 Å². The van der Waals surface area contributed by atoms with Crippen molar-refractivity contribution < 1.29 is 0 Å². The zero-order valence-electron chi connectivity index (χ0n) is 9.41. The first-order valence-corrected chi connectivity index (χ1v) is 5.12. The predicted molar refractivity (Wildman–Crippen MR) is 62.3 cm³/mol. The van der Waals surface area contributed by atoms with Crippen LogP contribution in [0.5, 0.6) is 0 Å². The average Bonchev–Trinajstić information content (AvgIpc) is 2.42. The lowest BCUT2D eigenvalue weighted by molar-refractivity contribution is 0.732. The van der Waals surface area contributed by atoms with Gasteiger partial charge in [0.15, 0.2) is 0 Å². The van der Waals surface area contributed by atoms with E-state index in [1.807, 2.05) is 0 Å². The maximum Gasteiger partial charge on any atom is 0.0400 e. The lowest BCUT2D eigenvalue weighted by Gasteiger charge is -2.19. The summed E-state index contributed by atoms with van der Waals surface area (Å²) < 4.78 is 0. The Bertz CT molecular complexity index is 344. The Morgan fingerprint density at radius 3 is 2.71 bits per heavy atom. The Hall–Kier alpha value is -1.18. The fraction of sp³-hybridized carbons (Fsp3) is 0.500. The van der Waals surface area contributed by atoms with Crippen molar-refractivity contribution in [3.8, 4) is 0 Å². The average molecular weight is 190 g/mol. The number of rotatable bonds is 1.